The van der Waals surface area contributed by atoms with Crippen molar-refractivity contribution in [3.8, 4) is 0 Å². The molecule has 1 rings (SSSR count). The molecule has 2 N–H and O–H groups in total. The zero-order valence-corrected chi connectivity index (χ0v) is 13.4. The lowest BCUT2D eigenvalue weighted by Crippen LogP contribution is -2.42. The van der Waals surface area contributed by atoms with E-state index < -0.39 is 11.8 Å². The molecule has 0 aromatic carbocycles. The lowest BCUT2D eigenvalue weighted by molar-refractivity contribution is -0.139. The number of thiophene rings is 1. The first-order valence-corrected chi connectivity index (χ1v) is 7.52. The van der Waals surface area contributed by atoms with E-state index >= 15 is 0 Å². The second-order valence-corrected chi connectivity index (χ2v) is 6.06. The summed E-state index contributed by atoms with van der Waals surface area (Å²) >= 11 is 1.41. The average molecular weight is 311 g/mol. The molecule has 6 nitrogen and oxygen atoms in total. The number of Topliss-reactive ketones (excluding diaryl/α,β-unsaturated/α-hetero) is 1. The highest BCUT2D eigenvalue weighted by atomic mass is 32.1. The maximum Gasteiger partial charge on any atom is 0.309 e. The molecule has 0 atom stereocenters. The number of nitrogens with zero attached hydrogens (tertiary/aromatic N) is 1. The number of carbonyl (C=O) groups is 3. The van der Waals surface area contributed by atoms with Crippen LogP contribution in [0.2, 0.25) is 0 Å². The fraction of sp³-hybridized carbons (Fsp3) is 0.500. The fourth-order valence-electron chi connectivity index (χ4n) is 1.55. The van der Waals surface area contributed by atoms with Crippen molar-refractivity contribution in [1.29, 1.82) is 0 Å². The number of hydrogen-bond donors (Lipinski definition) is 2. The third kappa shape index (κ3) is 6.50. The van der Waals surface area contributed by atoms with Gasteiger partial charge in [0.1, 0.15) is 0 Å². The third-order valence-corrected chi connectivity index (χ3v) is 3.96. The number of hydrogen-bond acceptors (Lipinski definition) is 5. The summed E-state index contributed by atoms with van der Waals surface area (Å²) in [6, 6.07) is 3.64. The van der Waals surface area contributed by atoms with Gasteiger partial charge in [-0.1, -0.05) is 0 Å². The summed E-state index contributed by atoms with van der Waals surface area (Å²) in [4.78, 5) is 37.8. The highest BCUT2D eigenvalue weighted by Crippen LogP contribution is 2.16. The molecule has 0 saturated heterocycles. The Morgan fingerprint density at radius 3 is 2.24 bits per heavy atom. The number of nitrogens with one attached hydrogen (secondary N) is 2. The molecule has 0 unspecified atom stereocenters. The predicted octanol–water partition coefficient (Wildman–Crippen LogP) is 0.287. The van der Waals surface area contributed by atoms with Gasteiger partial charge in [0.25, 0.3) is 0 Å². The van der Waals surface area contributed by atoms with Crippen LogP contribution in [0, 0.1) is 0 Å². The second kappa shape index (κ2) is 8.53. The molecule has 1 aromatic rings. The second-order valence-electron chi connectivity index (χ2n) is 4.89. The summed E-state index contributed by atoms with van der Waals surface area (Å²) in [5, 5.41) is 5.11. The molecule has 0 aliphatic heterocycles. The van der Waals surface area contributed by atoms with E-state index in [1.807, 2.05) is 25.1 Å². The van der Waals surface area contributed by atoms with Crippen LogP contribution in [0.4, 0.5) is 0 Å². The van der Waals surface area contributed by atoms with Crippen LogP contribution in [0.25, 0.3) is 0 Å². The summed E-state index contributed by atoms with van der Waals surface area (Å²) in [5.74, 6) is -1.21. The molecule has 0 bridgehead atoms. The summed E-state index contributed by atoms with van der Waals surface area (Å²) < 4.78 is 0. The van der Waals surface area contributed by atoms with Crippen LogP contribution >= 0.6 is 11.3 Å². The van der Waals surface area contributed by atoms with Crippen LogP contribution in [-0.2, 0) is 16.0 Å². The van der Waals surface area contributed by atoms with Gasteiger partial charge in [0.05, 0.1) is 4.88 Å². The number of carbonyl (C=O) groups excluding carboxylic acids is 3. The van der Waals surface area contributed by atoms with E-state index in [4.69, 9.17) is 0 Å². The molecule has 0 aliphatic carbocycles. The van der Waals surface area contributed by atoms with Crippen molar-refractivity contribution in [2.75, 3.05) is 33.7 Å². The van der Waals surface area contributed by atoms with Crippen molar-refractivity contribution in [1.82, 2.24) is 15.5 Å². The summed E-state index contributed by atoms with van der Waals surface area (Å²) in [6.45, 7) is 3.02. The van der Waals surface area contributed by atoms with Gasteiger partial charge in [0.2, 0.25) is 0 Å². The first-order valence-electron chi connectivity index (χ1n) is 6.70. The minimum absolute atomic E-state index is 0.0376. The van der Waals surface area contributed by atoms with Crippen LogP contribution in [0.3, 0.4) is 0 Å². The average Bonchev–Trinajstić information content (AvgIpc) is 2.87. The molecular weight excluding hydrogens is 290 g/mol. The Bertz CT molecular complexity index is 511. The summed E-state index contributed by atoms with van der Waals surface area (Å²) in [7, 11) is 3.78. The largest absolute Gasteiger partial charge is 0.347 e. The van der Waals surface area contributed by atoms with Crippen molar-refractivity contribution in [3.63, 3.8) is 0 Å². The lowest BCUT2D eigenvalue weighted by Gasteiger charge is -2.10. The zero-order chi connectivity index (χ0) is 15.8. The molecule has 0 spiro atoms. The van der Waals surface area contributed by atoms with Gasteiger partial charge < -0.3 is 15.5 Å². The van der Waals surface area contributed by atoms with E-state index in [0.717, 1.165) is 4.88 Å². The van der Waals surface area contributed by atoms with Gasteiger partial charge in [-0.3, -0.25) is 14.4 Å². The molecule has 0 saturated carbocycles. The van der Waals surface area contributed by atoms with Crippen LogP contribution in [0.1, 0.15) is 21.5 Å². The minimum atomic E-state index is -0.628. The number of amides is 2. The maximum atomic E-state index is 11.5. The Hall–Kier alpha value is -1.73. The van der Waals surface area contributed by atoms with E-state index in [2.05, 4.69) is 10.6 Å². The van der Waals surface area contributed by atoms with Gasteiger partial charge in [-0.15, -0.1) is 11.3 Å². The van der Waals surface area contributed by atoms with E-state index in [1.54, 1.807) is 6.07 Å². The normalized spacial score (nSPS) is 10.5. The van der Waals surface area contributed by atoms with Crippen molar-refractivity contribution in [2.24, 2.45) is 0 Å². The Kier molecular flexibility index (Phi) is 7.04. The van der Waals surface area contributed by atoms with E-state index in [1.165, 1.54) is 18.3 Å². The van der Waals surface area contributed by atoms with Gasteiger partial charge in [0.15, 0.2) is 5.78 Å². The Balaban J connectivity index is 2.26. The standard InChI is InChI=1S/C14H21N3O3S/c1-10(18)12-5-4-11(21-12)6-7-15-13(19)14(20)16-8-9-17(2)3/h4-5H,6-9H2,1-3H3,(H,15,19)(H,16,20). The molecule has 0 fully saturated rings. The smallest absolute Gasteiger partial charge is 0.309 e. The third-order valence-electron chi connectivity index (χ3n) is 2.72. The van der Waals surface area contributed by atoms with Crippen molar-refractivity contribution >= 4 is 28.9 Å². The molecule has 2 amide bonds. The van der Waals surface area contributed by atoms with Crippen LogP contribution in [-0.4, -0.2) is 56.2 Å². The van der Waals surface area contributed by atoms with Crippen LogP contribution < -0.4 is 10.6 Å². The van der Waals surface area contributed by atoms with Crippen molar-refractivity contribution in [2.45, 2.75) is 13.3 Å². The van der Waals surface area contributed by atoms with Crippen LogP contribution in [0.15, 0.2) is 12.1 Å². The topological polar surface area (TPSA) is 78.5 Å². The minimum Gasteiger partial charge on any atom is -0.347 e. The van der Waals surface area contributed by atoms with Crippen molar-refractivity contribution in [3.05, 3.63) is 21.9 Å². The zero-order valence-electron chi connectivity index (χ0n) is 12.6. The summed E-state index contributed by atoms with van der Waals surface area (Å²) in [6.07, 6.45) is 0.606. The molecule has 0 aliphatic rings. The molecule has 116 valence electrons. The predicted molar refractivity (Wildman–Crippen MR) is 82.6 cm³/mol. The first kappa shape index (κ1) is 17.3. The van der Waals surface area contributed by atoms with Gasteiger partial charge in [0, 0.05) is 24.5 Å². The SMILES string of the molecule is CC(=O)c1ccc(CCNC(=O)C(=O)NCCN(C)C)s1. The van der Waals surface area contributed by atoms with Gasteiger partial charge in [-0.25, -0.2) is 0 Å². The van der Waals surface area contributed by atoms with Crippen molar-refractivity contribution < 1.29 is 14.4 Å². The van der Waals surface area contributed by atoms with Gasteiger partial charge in [-0.2, -0.15) is 0 Å². The molecule has 1 aromatic heterocycles. The Morgan fingerprint density at radius 2 is 1.71 bits per heavy atom. The quantitative estimate of drug-likeness (QED) is 0.560. The number of ketones is 1. The molecular formula is C14H21N3O3S. The van der Waals surface area contributed by atoms with Crippen LogP contribution in [0.5, 0.6) is 0 Å². The highest BCUT2D eigenvalue weighted by Gasteiger charge is 2.12. The molecule has 21 heavy (non-hydrogen) atoms. The Morgan fingerprint density at radius 1 is 1.10 bits per heavy atom. The summed E-state index contributed by atoms with van der Waals surface area (Å²) in [5.41, 5.74) is 0. The van der Waals surface area contributed by atoms with Gasteiger partial charge in [-0.05, 0) is 39.6 Å². The lowest BCUT2D eigenvalue weighted by atomic mass is 10.3. The molecule has 1 heterocycles. The first-order chi connectivity index (χ1) is 9.90. The monoisotopic (exact) mass is 311 g/mol. The van der Waals surface area contributed by atoms with E-state index in [9.17, 15) is 14.4 Å². The highest BCUT2D eigenvalue weighted by molar-refractivity contribution is 7.14. The maximum absolute atomic E-state index is 11.5. The van der Waals surface area contributed by atoms with Gasteiger partial charge >= 0.3 is 11.8 Å². The molecule has 0 radical (unpaired) electrons. The Labute approximate surface area is 128 Å². The number of rotatable bonds is 7. The van der Waals surface area contributed by atoms with E-state index in [-0.39, 0.29) is 5.78 Å². The molecule has 7 heteroatoms. The number of likely N-dealkylation sites (N-methyl/N-ethyl adjacent to an activating group) is 1. The van der Waals surface area contributed by atoms with E-state index in [0.29, 0.717) is 30.9 Å². The fourth-order valence-corrected chi connectivity index (χ4v) is 2.46.